The molecule has 88 valence electrons. The lowest BCUT2D eigenvalue weighted by atomic mass is 10.0. The van der Waals surface area contributed by atoms with Gasteiger partial charge in [0, 0.05) is 29.5 Å². The molecule has 1 aromatic heterocycles. The second kappa shape index (κ2) is 4.30. The minimum absolute atomic E-state index is 0.508. The Bertz CT molecular complexity index is 361. The third-order valence-corrected chi connectivity index (χ3v) is 4.12. The first-order valence-corrected chi connectivity index (χ1v) is 6.94. The minimum atomic E-state index is 0.508. The van der Waals surface area contributed by atoms with Gasteiger partial charge >= 0.3 is 0 Å². The average molecular weight is 238 g/mol. The maximum absolute atomic E-state index is 4.57. The van der Waals surface area contributed by atoms with E-state index in [2.05, 4.69) is 26.9 Å². The van der Waals surface area contributed by atoms with Crippen LogP contribution in [-0.2, 0) is 0 Å². The number of piperidine rings is 1. The van der Waals surface area contributed by atoms with Crippen molar-refractivity contribution in [3.05, 3.63) is 5.82 Å². The lowest BCUT2D eigenvalue weighted by molar-refractivity contribution is 0.389. The molecule has 1 saturated heterocycles. The molecule has 1 saturated carbocycles. The zero-order chi connectivity index (χ0) is 11.0. The molecule has 0 bridgehead atoms. The molecular weight excluding hydrogens is 220 g/mol. The molecule has 16 heavy (non-hydrogen) atoms. The Hall–Kier alpha value is -0.680. The number of anilines is 1. The summed E-state index contributed by atoms with van der Waals surface area (Å²) < 4.78 is 4.42. The molecule has 1 aliphatic carbocycles. The number of rotatable bonds is 3. The maximum Gasteiger partial charge on any atom is 0.202 e. The molecule has 4 nitrogen and oxygen atoms in total. The van der Waals surface area contributed by atoms with Crippen LogP contribution in [-0.4, -0.2) is 28.0 Å². The lowest BCUT2D eigenvalue weighted by Gasteiger charge is -2.30. The van der Waals surface area contributed by atoms with Crippen LogP contribution < -0.4 is 10.6 Å². The first-order valence-electron chi connectivity index (χ1n) is 6.16. The molecule has 2 fully saturated rings. The van der Waals surface area contributed by atoms with Crippen molar-refractivity contribution in [2.75, 3.05) is 11.9 Å². The summed E-state index contributed by atoms with van der Waals surface area (Å²) in [5.41, 5.74) is 0. The molecule has 3 rings (SSSR count). The SMILES string of the molecule is CC1NCCCC1Nc1nc(C2CC2)ns1. The molecule has 1 aliphatic heterocycles. The Kier molecular flexibility index (Phi) is 2.81. The van der Waals surface area contributed by atoms with Gasteiger partial charge in [-0.1, -0.05) is 0 Å². The fraction of sp³-hybridized carbons (Fsp3) is 0.818. The van der Waals surface area contributed by atoms with Gasteiger partial charge in [0.15, 0.2) is 0 Å². The van der Waals surface area contributed by atoms with Gasteiger partial charge in [-0.3, -0.25) is 0 Å². The molecule has 2 heterocycles. The van der Waals surface area contributed by atoms with E-state index in [4.69, 9.17) is 0 Å². The number of nitrogens with zero attached hydrogens (tertiary/aromatic N) is 2. The molecule has 0 aromatic carbocycles. The average Bonchev–Trinajstić information content (AvgIpc) is 3.03. The van der Waals surface area contributed by atoms with Crippen LogP contribution in [0.15, 0.2) is 0 Å². The van der Waals surface area contributed by atoms with Crippen LogP contribution in [0.25, 0.3) is 0 Å². The third-order valence-electron chi connectivity index (χ3n) is 3.45. The summed E-state index contributed by atoms with van der Waals surface area (Å²) in [5, 5.41) is 8.01. The van der Waals surface area contributed by atoms with Crippen LogP contribution in [0, 0.1) is 0 Å². The van der Waals surface area contributed by atoms with E-state index in [0.717, 1.165) is 17.5 Å². The van der Waals surface area contributed by atoms with Crippen LogP contribution >= 0.6 is 11.5 Å². The fourth-order valence-corrected chi connectivity index (χ4v) is 2.91. The zero-order valence-electron chi connectivity index (χ0n) is 9.57. The van der Waals surface area contributed by atoms with Gasteiger partial charge in [-0.25, -0.2) is 4.98 Å². The van der Waals surface area contributed by atoms with E-state index in [1.165, 1.54) is 37.2 Å². The molecule has 2 atom stereocenters. The molecule has 0 radical (unpaired) electrons. The zero-order valence-corrected chi connectivity index (χ0v) is 10.4. The Morgan fingerprint density at radius 2 is 2.25 bits per heavy atom. The van der Waals surface area contributed by atoms with Gasteiger partial charge in [0.1, 0.15) is 5.82 Å². The highest BCUT2D eigenvalue weighted by atomic mass is 32.1. The number of hydrogen-bond donors (Lipinski definition) is 2. The van der Waals surface area contributed by atoms with Gasteiger partial charge in [-0.2, -0.15) is 4.37 Å². The Balaban J connectivity index is 1.63. The van der Waals surface area contributed by atoms with Crippen LogP contribution in [0.1, 0.15) is 44.3 Å². The van der Waals surface area contributed by atoms with Crippen molar-refractivity contribution in [1.29, 1.82) is 0 Å². The molecule has 2 N–H and O–H groups in total. The third kappa shape index (κ3) is 2.20. The van der Waals surface area contributed by atoms with Crippen molar-refractivity contribution in [2.24, 2.45) is 0 Å². The highest BCUT2D eigenvalue weighted by Gasteiger charge is 2.28. The summed E-state index contributed by atoms with van der Waals surface area (Å²) in [4.78, 5) is 4.57. The van der Waals surface area contributed by atoms with Gasteiger partial charge in [-0.05, 0) is 39.2 Å². The predicted molar refractivity (Wildman–Crippen MR) is 66.0 cm³/mol. The molecule has 5 heteroatoms. The Morgan fingerprint density at radius 3 is 3.00 bits per heavy atom. The van der Waals surface area contributed by atoms with Gasteiger partial charge in [0.25, 0.3) is 0 Å². The summed E-state index contributed by atoms with van der Waals surface area (Å²) in [6, 6.07) is 1.04. The summed E-state index contributed by atoms with van der Waals surface area (Å²) in [6.45, 7) is 3.38. The smallest absolute Gasteiger partial charge is 0.202 e. The molecule has 0 spiro atoms. The van der Waals surface area contributed by atoms with E-state index in [9.17, 15) is 0 Å². The monoisotopic (exact) mass is 238 g/mol. The summed E-state index contributed by atoms with van der Waals surface area (Å²) in [5.74, 6) is 1.72. The molecule has 1 aromatic rings. The van der Waals surface area contributed by atoms with Gasteiger partial charge < -0.3 is 10.6 Å². The van der Waals surface area contributed by atoms with Gasteiger partial charge in [0.2, 0.25) is 5.13 Å². The second-order valence-electron chi connectivity index (χ2n) is 4.87. The number of aromatic nitrogens is 2. The van der Waals surface area contributed by atoms with Crippen LogP contribution in [0.2, 0.25) is 0 Å². The first kappa shape index (κ1) is 10.5. The van der Waals surface area contributed by atoms with Crippen molar-refractivity contribution in [3.8, 4) is 0 Å². The topological polar surface area (TPSA) is 49.8 Å². The summed E-state index contributed by atoms with van der Waals surface area (Å²) >= 11 is 1.51. The molecule has 0 amide bonds. The van der Waals surface area contributed by atoms with Gasteiger partial charge in [0.05, 0.1) is 0 Å². The van der Waals surface area contributed by atoms with E-state index in [1.807, 2.05) is 0 Å². The van der Waals surface area contributed by atoms with E-state index < -0.39 is 0 Å². The van der Waals surface area contributed by atoms with E-state index in [1.54, 1.807) is 0 Å². The summed E-state index contributed by atoms with van der Waals surface area (Å²) in [7, 11) is 0. The lowest BCUT2D eigenvalue weighted by Crippen LogP contribution is -2.46. The predicted octanol–water partition coefficient (Wildman–Crippen LogP) is 1.97. The minimum Gasteiger partial charge on any atom is -0.356 e. The maximum atomic E-state index is 4.57. The Morgan fingerprint density at radius 1 is 1.38 bits per heavy atom. The van der Waals surface area contributed by atoms with E-state index >= 15 is 0 Å². The summed E-state index contributed by atoms with van der Waals surface area (Å²) in [6.07, 6.45) is 5.03. The van der Waals surface area contributed by atoms with E-state index in [0.29, 0.717) is 18.0 Å². The Labute approximate surface area is 100 Å². The van der Waals surface area contributed by atoms with Crippen molar-refractivity contribution in [2.45, 2.75) is 50.6 Å². The van der Waals surface area contributed by atoms with Crippen LogP contribution in [0.3, 0.4) is 0 Å². The van der Waals surface area contributed by atoms with Crippen molar-refractivity contribution in [1.82, 2.24) is 14.7 Å². The standard InChI is InChI=1S/C11H18N4S/c1-7-9(3-2-6-12-7)13-11-14-10(15-16-11)8-4-5-8/h7-9,12H,2-6H2,1H3,(H,13,14,15). The quantitative estimate of drug-likeness (QED) is 0.845. The molecule has 2 unspecified atom stereocenters. The molecular formula is C11H18N4S. The second-order valence-corrected chi connectivity index (χ2v) is 5.62. The largest absolute Gasteiger partial charge is 0.356 e. The van der Waals surface area contributed by atoms with E-state index in [-0.39, 0.29) is 0 Å². The highest BCUT2D eigenvalue weighted by molar-refractivity contribution is 7.09. The fourth-order valence-electron chi connectivity index (χ4n) is 2.20. The van der Waals surface area contributed by atoms with Crippen LogP contribution in [0.4, 0.5) is 5.13 Å². The number of nitrogens with one attached hydrogen (secondary N) is 2. The van der Waals surface area contributed by atoms with Crippen molar-refractivity contribution in [3.63, 3.8) is 0 Å². The van der Waals surface area contributed by atoms with Crippen LogP contribution in [0.5, 0.6) is 0 Å². The highest BCUT2D eigenvalue weighted by Crippen LogP contribution is 2.39. The van der Waals surface area contributed by atoms with Crippen molar-refractivity contribution >= 4 is 16.7 Å². The first-order chi connectivity index (χ1) is 7.83. The van der Waals surface area contributed by atoms with Gasteiger partial charge in [-0.15, -0.1) is 0 Å². The van der Waals surface area contributed by atoms with Crippen molar-refractivity contribution < 1.29 is 0 Å². The number of hydrogen-bond acceptors (Lipinski definition) is 5. The normalized spacial score (nSPS) is 30.3. The molecule has 2 aliphatic rings.